The van der Waals surface area contributed by atoms with Gasteiger partial charge in [-0.1, -0.05) is 102 Å². The first-order valence-corrected chi connectivity index (χ1v) is 12.5. The fraction of sp³-hybridized carbons (Fsp3) is 0.273. The van der Waals surface area contributed by atoms with E-state index in [-0.39, 0.29) is 36.7 Å². The van der Waals surface area contributed by atoms with Crippen molar-refractivity contribution in [3.05, 3.63) is 109 Å². The monoisotopic (exact) mass is 686 g/mol. The Balaban J connectivity index is 0.000000313. The number of aliphatic hydroxyl groups excluding tert-OH is 2. The number of benzene rings is 3. The van der Waals surface area contributed by atoms with E-state index in [1.54, 1.807) is 0 Å². The van der Waals surface area contributed by atoms with Gasteiger partial charge in [-0.25, -0.2) is 0 Å². The summed E-state index contributed by atoms with van der Waals surface area (Å²) in [5.74, 6) is 0.245. The summed E-state index contributed by atoms with van der Waals surface area (Å²) in [6.45, 7) is 11.5. The fourth-order valence-corrected chi connectivity index (χ4v) is 3.32. The molecule has 4 rings (SSSR count). The van der Waals surface area contributed by atoms with Crippen LogP contribution in [0.1, 0.15) is 41.5 Å². The molecule has 0 aliphatic heterocycles. The molecule has 0 aliphatic rings. The van der Waals surface area contributed by atoms with Gasteiger partial charge in [0.25, 0.3) is 0 Å². The van der Waals surface area contributed by atoms with Crippen LogP contribution in [0.4, 0.5) is 0 Å². The predicted molar refractivity (Wildman–Crippen MR) is 153 cm³/mol. The van der Waals surface area contributed by atoms with Crippen molar-refractivity contribution in [3.8, 4) is 33.8 Å². The summed E-state index contributed by atoms with van der Waals surface area (Å²) in [7, 11) is 0. The molecule has 4 aromatic rings. The number of hydrogen-bond donors (Lipinski definition) is 2. The first-order chi connectivity index (χ1) is 17.5. The second-order valence-corrected chi connectivity index (χ2v) is 11.1. The van der Waals surface area contributed by atoms with Crippen molar-refractivity contribution in [2.75, 3.05) is 0 Å². The summed E-state index contributed by atoms with van der Waals surface area (Å²) in [5, 5.41) is 19.3. The van der Waals surface area contributed by atoms with E-state index in [0.29, 0.717) is 0 Å². The maximum absolute atomic E-state index is 9.68. The normalized spacial score (nSPS) is 12.6. The Hall–Kier alpha value is -3.11. The van der Waals surface area contributed by atoms with Gasteiger partial charge >= 0.3 is 0 Å². The van der Waals surface area contributed by atoms with Crippen molar-refractivity contribution in [3.63, 3.8) is 0 Å². The van der Waals surface area contributed by atoms with E-state index < -0.39 is 6.10 Å². The number of rotatable bonds is 4. The topological polar surface area (TPSA) is 66.2 Å². The maximum Gasteiger partial charge on any atom is 0.0961 e. The largest absolute Gasteiger partial charge is 0.512 e. The van der Waals surface area contributed by atoms with Gasteiger partial charge in [0.05, 0.1) is 23.3 Å². The van der Waals surface area contributed by atoms with Gasteiger partial charge in [-0.15, -0.1) is 35.9 Å². The van der Waals surface area contributed by atoms with E-state index in [4.69, 9.17) is 9.97 Å². The molecular formula is C33H37IrN2O2-. The molecule has 1 aromatic heterocycles. The molecule has 1 unspecified atom stereocenters. The summed E-state index contributed by atoms with van der Waals surface area (Å²) in [6.07, 6.45) is 2.75. The van der Waals surface area contributed by atoms with Gasteiger partial charge in [0.1, 0.15) is 0 Å². The fourth-order valence-electron chi connectivity index (χ4n) is 3.32. The van der Waals surface area contributed by atoms with Gasteiger partial charge in [-0.3, -0.25) is 4.98 Å². The minimum Gasteiger partial charge on any atom is -0.512 e. The van der Waals surface area contributed by atoms with Crippen LogP contribution >= 0.6 is 0 Å². The van der Waals surface area contributed by atoms with Crippen LogP contribution in [-0.4, -0.2) is 26.3 Å². The van der Waals surface area contributed by atoms with Crippen molar-refractivity contribution in [1.29, 1.82) is 0 Å². The van der Waals surface area contributed by atoms with Crippen LogP contribution in [0.25, 0.3) is 33.8 Å². The second kappa shape index (κ2) is 13.6. The van der Waals surface area contributed by atoms with Gasteiger partial charge in [-0.2, -0.15) is 0 Å². The quantitative estimate of drug-likeness (QED) is 0.168. The van der Waals surface area contributed by atoms with Gasteiger partial charge in [0.2, 0.25) is 0 Å². The Kier molecular flexibility index (Phi) is 11.1. The van der Waals surface area contributed by atoms with Crippen LogP contribution in [0.15, 0.2) is 103 Å². The molecule has 0 spiro atoms. The maximum atomic E-state index is 9.68. The van der Waals surface area contributed by atoms with Crippen molar-refractivity contribution in [1.82, 2.24) is 9.97 Å². The molecule has 0 amide bonds. The standard InChI is InChI=1S/C22H15N2.C11H22O2.Ir/c1-4-10-17(11-5-1)20-16-23-21(18-12-6-2-7-13-18)22(24-20)19-14-8-3-9-15-19;1-10(2,3)8(12)7-9(13)11(4,5)6;/h1-12,14-16H;7-8,12-13H,1-6H3;/q-1;;/b;9-7-;. The van der Waals surface area contributed by atoms with Crippen LogP contribution in [0.5, 0.6) is 0 Å². The molecule has 0 saturated carbocycles. The predicted octanol–water partition coefficient (Wildman–Crippen LogP) is 8.16. The number of aliphatic hydroxyl groups is 2. The minimum absolute atomic E-state index is 0. The van der Waals surface area contributed by atoms with Crippen molar-refractivity contribution < 1.29 is 30.3 Å². The van der Waals surface area contributed by atoms with Gasteiger partial charge in [-0.05, 0) is 17.1 Å². The molecule has 0 aliphatic carbocycles. The van der Waals surface area contributed by atoms with Crippen molar-refractivity contribution in [2.24, 2.45) is 10.8 Å². The Labute approximate surface area is 240 Å². The molecule has 0 saturated heterocycles. The van der Waals surface area contributed by atoms with Crippen LogP contribution in [0.3, 0.4) is 0 Å². The number of nitrogens with zero attached hydrogens (tertiary/aromatic N) is 2. The Morgan fingerprint density at radius 3 is 1.84 bits per heavy atom. The van der Waals surface area contributed by atoms with Crippen LogP contribution < -0.4 is 0 Å². The van der Waals surface area contributed by atoms with E-state index >= 15 is 0 Å². The zero-order valence-electron chi connectivity index (χ0n) is 22.9. The molecule has 38 heavy (non-hydrogen) atoms. The third kappa shape index (κ3) is 8.73. The molecule has 0 bridgehead atoms. The first-order valence-electron chi connectivity index (χ1n) is 12.5. The van der Waals surface area contributed by atoms with Crippen LogP contribution in [0, 0.1) is 16.9 Å². The van der Waals surface area contributed by atoms with Gasteiger partial charge in [0.15, 0.2) is 0 Å². The van der Waals surface area contributed by atoms with Crippen LogP contribution in [0.2, 0.25) is 0 Å². The third-order valence-electron chi connectivity index (χ3n) is 5.82. The molecule has 1 radical (unpaired) electrons. The molecule has 2 N–H and O–H groups in total. The summed E-state index contributed by atoms with van der Waals surface area (Å²) in [5.41, 5.74) is 5.14. The zero-order chi connectivity index (χ0) is 27.1. The zero-order valence-corrected chi connectivity index (χ0v) is 25.3. The number of aromatic nitrogens is 2. The van der Waals surface area contributed by atoms with Gasteiger partial charge in [0, 0.05) is 43.0 Å². The average Bonchev–Trinajstić information content (AvgIpc) is 2.89. The van der Waals surface area contributed by atoms with Crippen molar-refractivity contribution >= 4 is 0 Å². The first kappa shape index (κ1) is 31.1. The summed E-state index contributed by atoms with van der Waals surface area (Å²) in [4.78, 5) is 9.61. The Bertz CT molecular complexity index is 1290. The molecule has 1 atom stereocenters. The molecule has 5 heteroatoms. The number of allylic oxidation sites excluding steroid dienone is 1. The molecule has 0 fully saturated rings. The van der Waals surface area contributed by atoms with E-state index in [2.05, 4.69) is 18.2 Å². The second-order valence-electron chi connectivity index (χ2n) is 11.1. The smallest absolute Gasteiger partial charge is 0.0961 e. The van der Waals surface area contributed by atoms with Crippen molar-refractivity contribution in [2.45, 2.75) is 47.6 Å². The molecule has 3 aromatic carbocycles. The van der Waals surface area contributed by atoms with E-state index in [1.807, 2.05) is 121 Å². The van der Waals surface area contributed by atoms with E-state index in [9.17, 15) is 10.2 Å². The summed E-state index contributed by atoms with van der Waals surface area (Å²) >= 11 is 0. The molecule has 201 valence electrons. The molecule has 1 heterocycles. The Morgan fingerprint density at radius 1 is 0.789 bits per heavy atom. The summed E-state index contributed by atoms with van der Waals surface area (Å²) in [6, 6.07) is 31.4. The molecule has 4 nitrogen and oxygen atoms in total. The third-order valence-corrected chi connectivity index (χ3v) is 5.82. The minimum atomic E-state index is -0.605. The van der Waals surface area contributed by atoms with Crippen LogP contribution in [-0.2, 0) is 20.1 Å². The Morgan fingerprint density at radius 2 is 1.34 bits per heavy atom. The van der Waals surface area contributed by atoms with Gasteiger partial charge < -0.3 is 15.2 Å². The number of hydrogen-bond acceptors (Lipinski definition) is 4. The SMILES string of the molecule is CC(C)(C)/C(O)=C/C(O)C(C)(C)C.[Ir].[c-]1ccccc1-c1ncc(-c2ccccc2)nc1-c1ccccc1. The summed E-state index contributed by atoms with van der Waals surface area (Å²) < 4.78 is 0. The van der Waals surface area contributed by atoms with E-state index in [1.165, 1.54) is 6.08 Å². The molecular weight excluding hydrogens is 649 g/mol. The average molecular weight is 686 g/mol. The van der Waals surface area contributed by atoms with E-state index in [0.717, 1.165) is 33.8 Å².